The van der Waals surface area contributed by atoms with E-state index < -0.39 is 21.8 Å². The highest BCUT2D eigenvalue weighted by atomic mass is 32.2. The minimum absolute atomic E-state index is 0.115. The average molecular weight is 378 g/mol. The van der Waals surface area contributed by atoms with Gasteiger partial charge in [0.1, 0.15) is 0 Å². The normalized spacial score (nSPS) is 11.7. The molecule has 0 bridgehead atoms. The monoisotopic (exact) mass is 378 g/mol. The number of halogens is 1. The van der Waals surface area contributed by atoms with Gasteiger partial charge in [0.25, 0.3) is 10.0 Å². The molecule has 2 heterocycles. The molecule has 1 aromatic carbocycles. The van der Waals surface area contributed by atoms with Crippen LogP contribution >= 0.6 is 0 Å². The zero-order valence-electron chi connectivity index (χ0n) is 13.9. The second-order valence-electron chi connectivity index (χ2n) is 5.57. The number of nitrogens with zero attached hydrogens (tertiary/aromatic N) is 2. The molecule has 0 spiro atoms. The lowest BCUT2D eigenvalue weighted by Crippen LogP contribution is -2.16. The van der Waals surface area contributed by atoms with Crippen molar-refractivity contribution in [3.63, 3.8) is 0 Å². The Balaban J connectivity index is 2.31. The van der Waals surface area contributed by atoms with Gasteiger partial charge in [-0.15, -0.1) is 0 Å². The summed E-state index contributed by atoms with van der Waals surface area (Å²) in [5, 5.41) is 9.58. The van der Waals surface area contributed by atoms with Crippen LogP contribution in [0.2, 0.25) is 0 Å². The van der Waals surface area contributed by atoms with Gasteiger partial charge < -0.3 is 9.84 Å². The van der Waals surface area contributed by atoms with Crippen LogP contribution in [0.5, 0.6) is 5.75 Å². The number of hydrogen-bond donors (Lipinski definition) is 1. The van der Waals surface area contributed by atoms with Crippen molar-refractivity contribution in [3.05, 3.63) is 53.6 Å². The molecule has 0 aliphatic carbocycles. The summed E-state index contributed by atoms with van der Waals surface area (Å²) >= 11 is 0. The fraction of sp³-hybridized carbons (Fsp3) is 0.176. The van der Waals surface area contributed by atoms with E-state index in [2.05, 4.69) is 4.98 Å². The Morgan fingerprint density at radius 2 is 2.08 bits per heavy atom. The van der Waals surface area contributed by atoms with E-state index in [4.69, 9.17) is 9.84 Å². The Morgan fingerprint density at radius 1 is 1.35 bits per heavy atom. The Hall–Kier alpha value is -2.94. The van der Waals surface area contributed by atoms with Crippen LogP contribution in [0.3, 0.4) is 0 Å². The fourth-order valence-corrected chi connectivity index (χ4v) is 4.40. The van der Waals surface area contributed by atoms with Gasteiger partial charge in [-0.2, -0.15) is 0 Å². The Kier molecular flexibility index (Phi) is 4.41. The lowest BCUT2D eigenvalue weighted by atomic mass is 10.1. The Labute approximate surface area is 148 Å². The van der Waals surface area contributed by atoms with Crippen LogP contribution in [0.1, 0.15) is 11.3 Å². The summed E-state index contributed by atoms with van der Waals surface area (Å²) in [5.41, 5.74) is 0.715. The molecule has 0 fully saturated rings. The number of benzene rings is 1. The maximum atomic E-state index is 13.6. The number of ether oxygens (including phenoxy) is 1. The van der Waals surface area contributed by atoms with Crippen molar-refractivity contribution in [2.75, 3.05) is 7.11 Å². The number of hydrogen-bond acceptors (Lipinski definition) is 5. The van der Waals surface area contributed by atoms with Crippen LogP contribution < -0.4 is 4.74 Å². The van der Waals surface area contributed by atoms with Gasteiger partial charge in [0.15, 0.2) is 17.2 Å². The lowest BCUT2D eigenvalue weighted by Gasteiger charge is -2.11. The highest BCUT2D eigenvalue weighted by Crippen LogP contribution is 2.30. The van der Waals surface area contributed by atoms with Crippen molar-refractivity contribution < 1.29 is 27.4 Å². The van der Waals surface area contributed by atoms with Crippen LogP contribution in [0.25, 0.3) is 11.0 Å². The average Bonchev–Trinajstić information content (AvgIpc) is 2.87. The van der Waals surface area contributed by atoms with Gasteiger partial charge in [0.05, 0.1) is 18.4 Å². The summed E-state index contributed by atoms with van der Waals surface area (Å²) in [6, 6.07) is 6.42. The third-order valence-electron chi connectivity index (χ3n) is 4.03. The molecule has 0 saturated carbocycles. The van der Waals surface area contributed by atoms with Crippen molar-refractivity contribution >= 4 is 27.0 Å². The number of aliphatic carboxylic acids is 1. The predicted molar refractivity (Wildman–Crippen MR) is 91.3 cm³/mol. The summed E-state index contributed by atoms with van der Waals surface area (Å²) in [6.07, 6.45) is 1.08. The third-order valence-corrected chi connectivity index (χ3v) is 5.81. The van der Waals surface area contributed by atoms with Crippen molar-refractivity contribution in [2.45, 2.75) is 18.2 Å². The standard InChI is InChI=1S/C17H15FN2O5S/c1-10-13(9-16(21)22)12-4-3-7-19-17(12)20(10)26(23,24)11-5-6-14(18)15(8-11)25-2/h3-8H,9H2,1-2H3,(H,21,22). The smallest absolute Gasteiger partial charge is 0.307 e. The van der Waals surface area contributed by atoms with E-state index in [0.717, 1.165) is 22.2 Å². The molecule has 0 atom stereocenters. The summed E-state index contributed by atoms with van der Waals surface area (Å²) in [6.45, 7) is 1.51. The number of methoxy groups -OCH3 is 1. The van der Waals surface area contributed by atoms with Crippen molar-refractivity contribution in [3.8, 4) is 5.75 Å². The first-order valence-electron chi connectivity index (χ1n) is 7.53. The van der Waals surface area contributed by atoms with E-state index in [1.807, 2.05) is 0 Å². The summed E-state index contributed by atoms with van der Waals surface area (Å²) in [4.78, 5) is 15.1. The minimum Gasteiger partial charge on any atom is -0.494 e. The Morgan fingerprint density at radius 3 is 2.73 bits per heavy atom. The molecule has 0 radical (unpaired) electrons. The number of carboxylic acid groups (broad SMARTS) is 1. The highest BCUT2D eigenvalue weighted by Gasteiger charge is 2.27. The molecule has 0 unspecified atom stereocenters. The fourth-order valence-electron chi connectivity index (χ4n) is 2.85. The molecular weight excluding hydrogens is 363 g/mol. The number of aromatic nitrogens is 2. The minimum atomic E-state index is -4.15. The van der Waals surface area contributed by atoms with Gasteiger partial charge in [0, 0.05) is 23.3 Å². The molecule has 26 heavy (non-hydrogen) atoms. The number of rotatable bonds is 5. The predicted octanol–water partition coefficient (Wildman–Crippen LogP) is 2.36. The molecule has 0 saturated heterocycles. The third kappa shape index (κ3) is 2.80. The zero-order chi connectivity index (χ0) is 19.1. The molecule has 7 nitrogen and oxygen atoms in total. The summed E-state index contributed by atoms with van der Waals surface area (Å²) in [5.74, 6) is -1.99. The number of carboxylic acids is 1. The first kappa shape index (κ1) is 17.9. The molecule has 1 N–H and O–H groups in total. The molecule has 2 aromatic heterocycles. The van der Waals surface area contributed by atoms with E-state index >= 15 is 0 Å². The molecule has 136 valence electrons. The van der Waals surface area contributed by atoms with E-state index in [9.17, 15) is 17.6 Å². The van der Waals surface area contributed by atoms with Gasteiger partial charge in [-0.3, -0.25) is 4.79 Å². The molecule has 3 aromatic rings. The van der Waals surface area contributed by atoms with E-state index in [0.29, 0.717) is 10.9 Å². The van der Waals surface area contributed by atoms with E-state index in [1.165, 1.54) is 20.2 Å². The largest absolute Gasteiger partial charge is 0.494 e. The first-order chi connectivity index (χ1) is 12.3. The molecule has 0 amide bonds. The van der Waals surface area contributed by atoms with Crippen LogP contribution in [0, 0.1) is 12.7 Å². The first-order valence-corrected chi connectivity index (χ1v) is 8.97. The van der Waals surface area contributed by atoms with E-state index in [1.54, 1.807) is 12.1 Å². The van der Waals surface area contributed by atoms with Gasteiger partial charge in [-0.05, 0) is 36.8 Å². The molecular formula is C17H15FN2O5S. The molecule has 0 aliphatic rings. The van der Waals surface area contributed by atoms with Crippen LogP contribution in [-0.2, 0) is 21.2 Å². The molecule has 3 rings (SSSR count). The maximum absolute atomic E-state index is 13.6. The van der Waals surface area contributed by atoms with Crippen LogP contribution in [0.4, 0.5) is 4.39 Å². The van der Waals surface area contributed by atoms with Crippen molar-refractivity contribution in [2.24, 2.45) is 0 Å². The van der Waals surface area contributed by atoms with Crippen LogP contribution in [-0.4, -0.2) is 35.6 Å². The van der Waals surface area contributed by atoms with Crippen molar-refractivity contribution in [1.82, 2.24) is 8.96 Å². The van der Waals surface area contributed by atoms with Crippen LogP contribution in [0.15, 0.2) is 41.4 Å². The topological polar surface area (TPSA) is 98.5 Å². The quantitative estimate of drug-likeness (QED) is 0.732. The SMILES string of the molecule is COc1cc(S(=O)(=O)n2c(C)c(CC(=O)O)c3cccnc32)ccc1F. The zero-order valence-corrected chi connectivity index (χ0v) is 14.7. The number of fused-ring (bicyclic) bond motifs is 1. The number of carbonyl (C=O) groups is 1. The second kappa shape index (κ2) is 6.41. The van der Waals surface area contributed by atoms with Gasteiger partial charge in [0.2, 0.25) is 0 Å². The van der Waals surface area contributed by atoms with Gasteiger partial charge in [-0.25, -0.2) is 21.8 Å². The van der Waals surface area contributed by atoms with Crippen molar-refractivity contribution in [1.29, 1.82) is 0 Å². The Bertz CT molecular complexity index is 1120. The summed E-state index contributed by atoms with van der Waals surface area (Å²) < 4.78 is 45.8. The molecule has 0 aliphatic heterocycles. The summed E-state index contributed by atoms with van der Waals surface area (Å²) in [7, 11) is -2.91. The van der Waals surface area contributed by atoms with Gasteiger partial charge in [-0.1, -0.05) is 0 Å². The maximum Gasteiger partial charge on any atom is 0.307 e. The second-order valence-corrected chi connectivity index (χ2v) is 7.36. The lowest BCUT2D eigenvalue weighted by molar-refractivity contribution is -0.136. The molecule has 9 heteroatoms. The van der Waals surface area contributed by atoms with E-state index in [-0.39, 0.29) is 28.4 Å². The van der Waals surface area contributed by atoms with Gasteiger partial charge >= 0.3 is 5.97 Å². The highest BCUT2D eigenvalue weighted by molar-refractivity contribution is 7.90. The number of pyridine rings is 1.